The van der Waals surface area contributed by atoms with E-state index in [0.717, 1.165) is 10.2 Å². The number of anilines is 1. The third kappa shape index (κ3) is 5.85. The first-order valence-corrected chi connectivity index (χ1v) is 10.9. The number of hydrogen-bond donors (Lipinski definition) is 2. The molecule has 0 saturated carbocycles. The van der Waals surface area contributed by atoms with Gasteiger partial charge in [0.2, 0.25) is 0 Å². The molecule has 0 fully saturated rings. The monoisotopic (exact) mass is 441 g/mol. The number of phenolic OH excluding ortho intramolecular Hbond substituents is 1. The van der Waals surface area contributed by atoms with Crippen molar-refractivity contribution in [2.75, 3.05) is 5.32 Å². The van der Waals surface area contributed by atoms with Crippen molar-refractivity contribution in [3.05, 3.63) is 58.6 Å². The minimum atomic E-state index is -3.56. The Morgan fingerprint density at radius 1 is 0.923 bits per heavy atom. The normalized spacial score (nSPS) is 13.2. The highest BCUT2D eigenvalue weighted by Crippen LogP contribution is 2.62. The molecular formula is C19H25BrNO4P. The van der Waals surface area contributed by atoms with Crippen LogP contribution in [0, 0.1) is 0 Å². The van der Waals surface area contributed by atoms with E-state index >= 15 is 0 Å². The molecule has 0 heterocycles. The predicted octanol–water partition coefficient (Wildman–Crippen LogP) is 6.31. The van der Waals surface area contributed by atoms with Gasteiger partial charge in [-0.25, -0.2) is 0 Å². The zero-order valence-corrected chi connectivity index (χ0v) is 17.8. The molecule has 0 saturated heterocycles. The smallest absolute Gasteiger partial charge is 0.357 e. The summed E-state index contributed by atoms with van der Waals surface area (Å²) in [6.07, 6.45) is -0.545. The van der Waals surface area contributed by atoms with Crippen molar-refractivity contribution >= 4 is 29.2 Å². The Bertz CT molecular complexity index is 733. The van der Waals surface area contributed by atoms with Crippen LogP contribution in [0.5, 0.6) is 5.75 Å². The Labute approximate surface area is 163 Å². The summed E-state index contributed by atoms with van der Waals surface area (Å²) in [5, 5.41) is 12.9. The molecule has 5 nitrogen and oxygen atoms in total. The fourth-order valence-corrected chi connectivity index (χ4v) is 5.02. The SMILES string of the molecule is CC(C)OP(=O)(OC(C)C)[C@H](Nc1ccc(Br)cc1)c1ccc(O)cc1. The zero-order valence-electron chi connectivity index (χ0n) is 15.3. The van der Waals surface area contributed by atoms with Crippen LogP contribution in [0.15, 0.2) is 53.0 Å². The first-order valence-electron chi connectivity index (χ1n) is 8.47. The number of benzene rings is 2. The molecule has 0 aromatic heterocycles. The van der Waals surface area contributed by atoms with Gasteiger partial charge in [0, 0.05) is 10.2 Å². The van der Waals surface area contributed by atoms with E-state index in [1.54, 1.807) is 24.3 Å². The van der Waals surface area contributed by atoms with Crippen LogP contribution in [-0.2, 0) is 13.6 Å². The summed E-state index contributed by atoms with van der Waals surface area (Å²) in [5.74, 6) is -0.574. The van der Waals surface area contributed by atoms with E-state index in [1.807, 2.05) is 52.0 Å². The van der Waals surface area contributed by atoms with Crippen molar-refractivity contribution in [3.63, 3.8) is 0 Å². The molecule has 0 radical (unpaired) electrons. The number of nitrogens with one attached hydrogen (secondary N) is 1. The molecule has 7 heteroatoms. The maximum atomic E-state index is 13.7. The van der Waals surface area contributed by atoms with Crippen LogP contribution in [0.25, 0.3) is 0 Å². The van der Waals surface area contributed by atoms with Gasteiger partial charge in [-0.15, -0.1) is 0 Å². The van der Waals surface area contributed by atoms with Gasteiger partial charge in [-0.2, -0.15) is 0 Å². The molecule has 26 heavy (non-hydrogen) atoms. The Kier molecular flexibility index (Phi) is 7.30. The standard InChI is InChI=1S/C19H25BrNO4P/c1-13(2)24-26(23,25-14(3)4)19(15-5-11-18(22)12-6-15)21-17-9-7-16(20)8-10-17/h5-14,19,21-22H,1-4H3/t19-/m0/s1. The lowest BCUT2D eigenvalue weighted by atomic mass is 10.2. The quantitative estimate of drug-likeness (QED) is 0.469. The molecule has 0 aliphatic rings. The minimum absolute atomic E-state index is 0.139. The molecular weight excluding hydrogens is 417 g/mol. The largest absolute Gasteiger partial charge is 0.508 e. The van der Waals surface area contributed by atoms with Crippen LogP contribution in [-0.4, -0.2) is 17.3 Å². The molecule has 0 unspecified atom stereocenters. The topological polar surface area (TPSA) is 67.8 Å². The van der Waals surface area contributed by atoms with Crippen molar-refractivity contribution in [1.82, 2.24) is 0 Å². The molecule has 2 N–H and O–H groups in total. The van der Waals surface area contributed by atoms with E-state index in [1.165, 1.54) is 0 Å². The number of rotatable bonds is 8. The van der Waals surface area contributed by atoms with Gasteiger partial charge in [0.1, 0.15) is 5.75 Å². The second-order valence-corrected chi connectivity index (χ2v) is 9.43. The van der Waals surface area contributed by atoms with E-state index in [0.29, 0.717) is 5.56 Å². The van der Waals surface area contributed by atoms with Gasteiger partial charge in [0.25, 0.3) is 0 Å². The molecule has 0 bridgehead atoms. The van der Waals surface area contributed by atoms with Gasteiger partial charge < -0.3 is 19.5 Å². The van der Waals surface area contributed by atoms with E-state index in [9.17, 15) is 9.67 Å². The maximum absolute atomic E-state index is 13.7. The maximum Gasteiger partial charge on any atom is 0.357 e. The van der Waals surface area contributed by atoms with Crippen molar-refractivity contribution < 1.29 is 18.7 Å². The second-order valence-electron chi connectivity index (χ2n) is 6.49. The zero-order chi connectivity index (χ0) is 19.3. The van der Waals surface area contributed by atoms with E-state index in [4.69, 9.17) is 9.05 Å². The lowest BCUT2D eigenvalue weighted by Crippen LogP contribution is -2.19. The van der Waals surface area contributed by atoms with Gasteiger partial charge in [-0.1, -0.05) is 28.1 Å². The van der Waals surface area contributed by atoms with Gasteiger partial charge in [-0.05, 0) is 69.7 Å². The van der Waals surface area contributed by atoms with Crippen LogP contribution in [0.4, 0.5) is 5.69 Å². The molecule has 0 aliphatic carbocycles. The highest BCUT2D eigenvalue weighted by Gasteiger charge is 2.39. The first kappa shape index (κ1) is 21.0. The summed E-state index contributed by atoms with van der Waals surface area (Å²) in [4.78, 5) is 0. The Morgan fingerprint density at radius 3 is 1.88 bits per heavy atom. The highest BCUT2D eigenvalue weighted by molar-refractivity contribution is 9.10. The Morgan fingerprint density at radius 2 is 1.42 bits per heavy atom. The van der Waals surface area contributed by atoms with Gasteiger partial charge in [0.15, 0.2) is 5.78 Å². The fourth-order valence-electron chi connectivity index (χ4n) is 2.44. The third-order valence-corrected chi connectivity index (χ3v) is 6.41. The summed E-state index contributed by atoms with van der Waals surface area (Å²) >= 11 is 3.41. The molecule has 0 spiro atoms. The van der Waals surface area contributed by atoms with E-state index in [-0.39, 0.29) is 18.0 Å². The lowest BCUT2D eigenvalue weighted by Gasteiger charge is -2.31. The lowest BCUT2D eigenvalue weighted by molar-refractivity contribution is 0.138. The Balaban J connectivity index is 2.47. The van der Waals surface area contributed by atoms with Crippen LogP contribution in [0.1, 0.15) is 39.0 Å². The number of phenols is 1. The van der Waals surface area contributed by atoms with Crippen LogP contribution < -0.4 is 5.32 Å². The highest BCUT2D eigenvalue weighted by atomic mass is 79.9. The first-order chi connectivity index (χ1) is 12.2. The number of halogens is 1. The van der Waals surface area contributed by atoms with Crippen molar-refractivity contribution in [2.45, 2.75) is 45.7 Å². The second kappa shape index (κ2) is 9.05. The predicted molar refractivity (Wildman–Crippen MR) is 109 cm³/mol. The number of hydrogen-bond acceptors (Lipinski definition) is 5. The van der Waals surface area contributed by atoms with Gasteiger partial charge in [-0.3, -0.25) is 4.57 Å². The molecule has 2 aromatic rings. The Hall–Kier alpha value is -1.33. The fraction of sp³-hybridized carbons (Fsp3) is 0.368. The average Bonchev–Trinajstić information content (AvgIpc) is 2.53. The summed E-state index contributed by atoms with van der Waals surface area (Å²) < 4.78 is 26.2. The molecule has 1 atom stereocenters. The van der Waals surface area contributed by atoms with Gasteiger partial charge in [0.05, 0.1) is 12.2 Å². The van der Waals surface area contributed by atoms with Crippen LogP contribution in [0.3, 0.4) is 0 Å². The average molecular weight is 442 g/mol. The minimum Gasteiger partial charge on any atom is -0.508 e. The summed E-state index contributed by atoms with van der Waals surface area (Å²) in [5.41, 5.74) is 1.49. The molecule has 2 rings (SSSR count). The summed E-state index contributed by atoms with van der Waals surface area (Å²) in [6.45, 7) is 7.29. The van der Waals surface area contributed by atoms with Crippen molar-refractivity contribution in [3.8, 4) is 5.75 Å². The van der Waals surface area contributed by atoms with E-state index in [2.05, 4.69) is 21.2 Å². The molecule has 142 valence electrons. The molecule has 2 aromatic carbocycles. The van der Waals surface area contributed by atoms with Crippen LogP contribution >= 0.6 is 23.5 Å². The molecule has 0 amide bonds. The molecule has 0 aliphatic heterocycles. The third-order valence-electron chi connectivity index (χ3n) is 3.39. The van der Waals surface area contributed by atoms with E-state index < -0.39 is 13.4 Å². The number of aromatic hydroxyl groups is 1. The van der Waals surface area contributed by atoms with Crippen molar-refractivity contribution in [2.24, 2.45) is 0 Å². The van der Waals surface area contributed by atoms with Gasteiger partial charge >= 0.3 is 7.60 Å². The van der Waals surface area contributed by atoms with Crippen LogP contribution in [0.2, 0.25) is 0 Å². The summed E-state index contributed by atoms with van der Waals surface area (Å²) in [6, 6.07) is 14.1. The van der Waals surface area contributed by atoms with Crippen molar-refractivity contribution in [1.29, 1.82) is 0 Å². The summed E-state index contributed by atoms with van der Waals surface area (Å²) in [7, 11) is -3.56.